The molecule has 1 saturated heterocycles. The number of nitrogens with zero attached hydrogens (tertiary/aromatic N) is 2. The van der Waals surface area contributed by atoms with Gasteiger partial charge < -0.3 is 10.2 Å². The average molecular weight is 394 g/mol. The van der Waals surface area contributed by atoms with Gasteiger partial charge in [0, 0.05) is 48.1 Å². The second-order valence-corrected chi connectivity index (χ2v) is 8.58. The van der Waals surface area contributed by atoms with Gasteiger partial charge in [0.2, 0.25) is 10.0 Å². The molecule has 1 fully saturated rings. The van der Waals surface area contributed by atoms with Gasteiger partial charge in [0.15, 0.2) is 0 Å². The smallest absolute Gasteiger partial charge is 0.255 e. The summed E-state index contributed by atoms with van der Waals surface area (Å²) >= 11 is 5.91. The molecular weight excluding hydrogens is 374 g/mol. The van der Waals surface area contributed by atoms with Crippen LogP contribution in [-0.4, -0.2) is 51.1 Å². The van der Waals surface area contributed by atoms with E-state index in [9.17, 15) is 13.2 Å². The molecule has 1 N–H and O–H groups in total. The van der Waals surface area contributed by atoms with E-state index in [0.717, 1.165) is 5.69 Å². The number of anilines is 2. The van der Waals surface area contributed by atoms with Crippen molar-refractivity contribution in [1.29, 1.82) is 0 Å². The van der Waals surface area contributed by atoms with Gasteiger partial charge in [-0.25, -0.2) is 8.42 Å². The highest BCUT2D eigenvalue weighted by atomic mass is 35.5. The summed E-state index contributed by atoms with van der Waals surface area (Å²) in [4.78, 5) is 14.4. The van der Waals surface area contributed by atoms with E-state index in [-0.39, 0.29) is 5.91 Å². The van der Waals surface area contributed by atoms with Crippen LogP contribution in [0.15, 0.2) is 48.5 Å². The van der Waals surface area contributed by atoms with Crippen molar-refractivity contribution in [2.75, 3.05) is 42.7 Å². The SMILES string of the molecule is CS(=O)(=O)N1CCN(c2ccc(NC(=O)c3cccc(Cl)c3)cc2)CC1. The minimum atomic E-state index is -3.13. The molecule has 138 valence electrons. The molecule has 0 atom stereocenters. The summed E-state index contributed by atoms with van der Waals surface area (Å²) in [5, 5.41) is 3.35. The molecule has 0 aliphatic carbocycles. The molecule has 1 amide bonds. The molecule has 26 heavy (non-hydrogen) atoms. The fourth-order valence-corrected chi connectivity index (χ4v) is 3.88. The van der Waals surface area contributed by atoms with E-state index in [4.69, 9.17) is 11.6 Å². The van der Waals surface area contributed by atoms with Crippen LogP contribution in [0, 0.1) is 0 Å². The number of piperazine rings is 1. The summed E-state index contributed by atoms with van der Waals surface area (Å²) < 4.78 is 24.6. The average Bonchev–Trinajstić information content (AvgIpc) is 2.62. The van der Waals surface area contributed by atoms with E-state index < -0.39 is 10.0 Å². The van der Waals surface area contributed by atoms with Crippen molar-refractivity contribution in [3.05, 3.63) is 59.1 Å². The number of nitrogens with one attached hydrogen (secondary N) is 1. The second kappa shape index (κ2) is 7.65. The number of benzene rings is 2. The molecule has 1 aliphatic rings. The van der Waals surface area contributed by atoms with Crippen molar-refractivity contribution >= 4 is 38.9 Å². The van der Waals surface area contributed by atoms with Crippen LogP contribution in [0.5, 0.6) is 0 Å². The van der Waals surface area contributed by atoms with Crippen LogP contribution in [-0.2, 0) is 10.0 Å². The Balaban J connectivity index is 1.61. The van der Waals surface area contributed by atoms with Crippen molar-refractivity contribution in [3.63, 3.8) is 0 Å². The van der Waals surface area contributed by atoms with Crippen molar-refractivity contribution < 1.29 is 13.2 Å². The van der Waals surface area contributed by atoms with E-state index in [1.165, 1.54) is 10.6 Å². The van der Waals surface area contributed by atoms with Gasteiger partial charge in [0.1, 0.15) is 0 Å². The number of hydrogen-bond donors (Lipinski definition) is 1. The van der Waals surface area contributed by atoms with Crippen LogP contribution in [0.4, 0.5) is 11.4 Å². The lowest BCUT2D eigenvalue weighted by Crippen LogP contribution is -2.48. The number of hydrogen-bond acceptors (Lipinski definition) is 4. The highest BCUT2D eigenvalue weighted by molar-refractivity contribution is 7.88. The summed E-state index contributed by atoms with van der Waals surface area (Å²) in [6.45, 7) is 2.24. The third-order valence-electron chi connectivity index (χ3n) is 4.28. The molecule has 0 radical (unpaired) electrons. The second-order valence-electron chi connectivity index (χ2n) is 6.16. The fraction of sp³-hybridized carbons (Fsp3) is 0.278. The van der Waals surface area contributed by atoms with Gasteiger partial charge in [0.05, 0.1) is 6.26 Å². The third kappa shape index (κ3) is 4.55. The largest absolute Gasteiger partial charge is 0.369 e. The summed E-state index contributed by atoms with van der Waals surface area (Å²) in [7, 11) is -3.13. The van der Waals surface area contributed by atoms with Gasteiger partial charge in [-0.3, -0.25) is 4.79 Å². The van der Waals surface area contributed by atoms with Crippen molar-refractivity contribution in [2.45, 2.75) is 0 Å². The zero-order chi connectivity index (χ0) is 18.7. The van der Waals surface area contributed by atoms with Gasteiger partial charge in [-0.05, 0) is 42.5 Å². The summed E-state index contributed by atoms with van der Waals surface area (Å²) in [5.74, 6) is -0.220. The predicted octanol–water partition coefficient (Wildman–Crippen LogP) is 2.67. The Morgan fingerprint density at radius 3 is 2.27 bits per heavy atom. The molecule has 0 bridgehead atoms. The molecule has 1 aliphatic heterocycles. The molecule has 6 nitrogen and oxygen atoms in total. The van der Waals surface area contributed by atoms with Crippen LogP contribution in [0.3, 0.4) is 0 Å². The standard InChI is InChI=1S/C18H20ClN3O3S/c1-26(24,25)22-11-9-21(10-12-22)17-7-5-16(6-8-17)20-18(23)14-3-2-4-15(19)13-14/h2-8,13H,9-12H2,1H3,(H,20,23). The molecule has 2 aromatic carbocycles. The normalized spacial score (nSPS) is 15.7. The minimum absolute atomic E-state index is 0.220. The maximum Gasteiger partial charge on any atom is 0.255 e. The van der Waals surface area contributed by atoms with Gasteiger partial charge in [-0.1, -0.05) is 17.7 Å². The fourth-order valence-electron chi connectivity index (χ4n) is 2.87. The molecule has 0 aromatic heterocycles. The molecule has 0 spiro atoms. The summed E-state index contributed by atoms with van der Waals surface area (Å²) in [6.07, 6.45) is 1.24. The lowest BCUT2D eigenvalue weighted by molar-refractivity contribution is 0.102. The van der Waals surface area contributed by atoms with Crippen molar-refractivity contribution in [2.24, 2.45) is 0 Å². The predicted molar refractivity (Wildman–Crippen MR) is 104 cm³/mol. The van der Waals surface area contributed by atoms with Crippen molar-refractivity contribution in [3.8, 4) is 0 Å². The van der Waals surface area contributed by atoms with E-state index in [2.05, 4.69) is 10.2 Å². The maximum atomic E-state index is 12.2. The number of amides is 1. The van der Waals surface area contributed by atoms with E-state index >= 15 is 0 Å². The van der Waals surface area contributed by atoms with Crippen LogP contribution >= 0.6 is 11.6 Å². The monoisotopic (exact) mass is 393 g/mol. The molecule has 1 heterocycles. The van der Waals surface area contributed by atoms with Crippen LogP contribution in [0.2, 0.25) is 5.02 Å². The number of sulfonamides is 1. The summed E-state index contributed by atoms with van der Waals surface area (Å²) in [5.41, 5.74) is 2.19. The summed E-state index contributed by atoms with van der Waals surface area (Å²) in [6, 6.07) is 14.3. The Labute approximate surface area is 158 Å². The Morgan fingerprint density at radius 1 is 1.04 bits per heavy atom. The maximum absolute atomic E-state index is 12.2. The molecule has 8 heteroatoms. The molecule has 0 saturated carbocycles. The van der Waals surface area contributed by atoms with Crippen molar-refractivity contribution in [1.82, 2.24) is 4.31 Å². The number of carbonyl (C=O) groups excluding carboxylic acids is 1. The molecule has 3 rings (SSSR count). The first kappa shape index (κ1) is 18.7. The van der Waals surface area contributed by atoms with Gasteiger partial charge in [-0.15, -0.1) is 0 Å². The first-order valence-electron chi connectivity index (χ1n) is 8.20. The van der Waals surface area contributed by atoms with Crippen LogP contribution in [0.1, 0.15) is 10.4 Å². The topological polar surface area (TPSA) is 69.7 Å². The van der Waals surface area contributed by atoms with Gasteiger partial charge in [-0.2, -0.15) is 4.31 Å². The van der Waals surface area contributed by atoms with Crippen LogP contribution in [0.25, 0.3) is 0 Å². The molecule has 0 unspecified atom stereocenters. The lowest BCUT2D eigenvalue weighted by Gasteiger charge is -2.34. The first-order chi connectivity index (χ1) is 12.3. The van der Waals surface area contributed by atoms with E-state index in [1.807, 2.05) is 24.3 Å². The molecule has 2 aromatic rings. The highest BCUT2D eigenvalue weighted by Gasteiger charge is 2.23. The Morgan fingerprint density at radius 2 is 1.69 bits per heavy atom. The highest BCUT2D eigenvalue weighted by Crippen LogP contribution is 2.21. The zero-order valence-corrected chi connectivity index (χ0v) is 15.9. The number of carbonyl (C=O) groups is 1. The van der Waals surface area contributed by atoms with Crippen LogP contribution < -0.4 is 10.2 Å². The number of rotatable bonds is 4. The number of halogens is 1. The quantitative estimate of drug-likeness (QED) is 0.867. The minimum Gasteiger partial charge on any atom is -0.369 e. The zero-order valence-electron chi connectivity index (χ0n) is 14.4. The van der Waals surface area contributed by atoms with Gasteiger partial charge in [0.25, 0.3) is 5.91 Å². The van der Waals surface area contributed by atoms with Gasteiger partial charge >= 0.3 is 0 Å². The Bertz CT molecular complexity index is 892. The van der Waals surface area contributed by atoms with E-state index in [1.54, 1.807) is 24.3 Å². The van der Waals surface area contributed by atoms with E-state index in [0.29, 0.717) is 42.5 Å². The third-order valence-corrected chi connectivity index (χ3v) is 5.82. The molecular formula is C18H20ClN3O3S. The Hall–Kier alpha value is -2.09. The first-order valence-corrected chi connectivity index (χ1v) is 10.4. The Kier molecular flexibility index (Phi) is 5.50. The lowest BCUT2D eigenvalue weighted by atomic mass is 10.2.